The number of piperazine rings is 1. The molecule has 3 aromatic rings. The van der Waals surface area contributed by atoms with Crippen LogP contribution in [-0.2, 0) is 4.79 Å². The number of hydrogen-bond acceptors (Lipinski definition) is 8. The first-order valence-corrected chi connectivity index (χ1v) is 16.2. The number of aliphatic hydroxyl groups excluding tert-OH is 1. The fraction of sp³-hybridized carbons (Fsp3) is 0.333. The molecule has 4 heterocycles. The molecule has 1 saturated heterocycles. The van der Waals surface area contributed by atoms with Crippen LogP contribution in [0.3, 0.4) is 0 Å². The van der Waals surface area contributed by atoms with Crippen molar-refractivity contribution in [1.82, 2.24) is 19.8 Å². The average Bonchev–Trinajstić information content (AvgIpc) is 3.02. The number of amides is 1. The van der Waals surface area contributed by atoms with E-state index in [0.29, 0.717) is 35.7 Å². The number of carbonyl (C=O) groups is 1. The van der Waals surface area contributed by atoms with Gasteiger partial charge in [0.2, 0.25) is 5.91 Å². The van der Waals surface area contributed by atoms with Crippen molar-refractivity contribution in [2.24, 2.45) is 0 Å². The van der Waals surface area contributed by atoms with Crippen molar-refractivity contribution < 1.29 is 19.4 Å². The van der Waals surface area contributed by atoms with Gasteiger partial charge in [-0.05, 0) is 50.5 Å². The molecule has 2 N–H and O–H groups in total. The number of aliphatic hydroxyl groups is 1. The molecular weight excluding hydrogens is 689 g/mol. The fourth-order valence-electron chi connectivity index (χ4n) is 6.39. The zero-order valence-electron chi connectivity index (χ0n) is 26.1. The molecule has 9 nitrogen and oxygen atoms in total. The molecule has 0 radical (unpaired) electrons. The predicted octanol–water partition coefficient (Wildman–Crippen LogP) is 7.85. The minimum absolute atomic E-state index is 0.0142. The highest BCUT2D eigenvalue weighted by molar-refractivity contribution is 6.46. The number of benzene rings is 1. The number of phenolic OH excluding ortho intramolecular Hbond substituents is 1. The minimum Gasteiger partial charge on any atom is -0.505 e. The van der Waals surface area contributed by atoms with Gasteiger partial charge in [-0.25, -0.2) is 9.37 Å². The summed E-state index contributed by atoms with van der Waals surface area (Å²) in [6, 6.07) is 4.89. The first-order valence-electron chi connectivity index (χ1n) is 14.7. The van der Waals surface area contributed by atoms with Gasteiger partial charge in [-0.1, -0.05) is 66.8 Å². The molecule has 14 heteroatoms. The molecule has 0 aliphatic carbocycles. The monoisotopic (exact) mass is 718 g/mol. The Balaban J connectivity index is 1.84. The maximum Gasteiger partial charge on any atom is 0.246 e. The number of anilines is 2. The number of pyridine rings is 2. The molecule has 246 valence electrons. The Morgan fingerprint density at radius 2 is 1.81 bits per heavy atom. The minimum atomic E-state index is -1.56. The number of hydrogen-bond donors (Lipinski definition) is 2. The number of nitriles is 1. The highest BCUT2D eigenvalue weighted by Gasteiger charge is 2.42. The van der Waals surface area contributed by atoms with Gasteiger partial charge >= 0.3 is 0 Å². The molecule has 2 aliphatic rings. The molecule has 3 atom stereocenters. The second-order valence-electron chi connectivity index (χ2n) is 11.9. The summed E-state index contributed by atoms with van der Waals surface area (Å²) in [7, 11) is 0. The van der Waals surface area contributed by atoms with Crippen LogP contribution in [0.25, 0.3) is 17.0 Å². The number of phenols is 1. The van der Waals surface area contributed by atoms with Crippen molar-refractivity contribution in [3.8, 4) is 23.1 Å². The summed E-state index contributed by atoms with van der Waals surface area (Å²) in [5.74, 6) is -1.93. The van der Waals surface area contributed by atoms with Crippen molar-refractivity contribution in [3.63, 3.8) is 0 Å². The van der Waals surface area contributed by atoms with E-state index in [-0.39, 0.29) is 46.0 Å². The van der Waals surface area contributed by atoms with E-state index < -0.39 is 38.4 Å². The lowest BCUT2D eigenvalue weighted by Crippen LogP contribution is -2.58. The first kappa shape index (κ1) is 34.7. The Hall–Kier alpha value is -3.59. The van der Waals surface area contributed by atoms with Gasteiger partial charge < -0.3 is 20.0 Å². The average molecular weight is 720 g/mol. The van der Waals surface area contributed by atoms with Crippen molar-refractivity contribution in [2.75, 3.05) is 18.0 Å². The molecular formula is C33H31Cl4FN6O3. The number of rotatable bonds is 5. The van der Waals surface area contributed by atoms with E-state index in [1.54, 1.807) is 17.2 Å². The Labute approximate surface area is 292 Å². The van der Waals surface area contributed by atoms with E-state index in [2.05, 4.69) is 17.6 Å². The number of fused-ring (bicyclic) bond motifs is 1. The van der Waals surface area contributed by atoms with Crippen molar-refractivity contribution in [2.45, 2.75) is 58.8 Å². The Morgan fingerprint density at radius 3 is 2.38 bits per heavy atom. The van der Waals surface area contributed by atoms with E-state index in [9.17, 15) is 20.3 Å². The van der Waals surface area contributed by atoms with Crippen LogP contribution in [0.2, 0.25) is 20.1 Å². The van der Waals surface area contributed by atoms with Gasteiger partial charge in [-0.15, -0.1) is 0 Å². The number of aryl methyl sites for hydroxylation is 1. The van der Waals surface area contributed by atoms with Gasteiger partial charge in [-0.2, -0.15) is 5.26 Å². The van der Waals surface area contributed by atoms with Crippen LogP contribution in [0.15, 0.2) is 36.6 Å². The summed E-state index contributed by atoms with van der Waals surface area (Å²) in [5, 5.41) is 31.6. The van der Waals surface area contributed by atoms with Crippen molar-refractivity contribution >= 4 is 69.5 Å². The number of carbonyl (C=O) groups excluding carboxylic acids is 1. The fourth-order valence-corrected chi connectivity index (χ4v) is 7.31. The summed E-state index contributed by atoms with van der Waals surface area (Å²) >= 11 is 25.4. The zero-order valence-corrected chi connectivity index (χ0v) is 29.1. The highest BCUT2D eigenvalue weighted by atomic mass is 35.5. The standard InChI is InChI=1S/C33H31Cl4FN6O3/c1-7-21(45)43-16(5)12-42(13-17(43)6)30-18-10-20(34)28(22-23(35)31(46)25(37)24(36)26(22)38)41-32(18)44(33(47)19(30)11-39)29-15(4)8-9-40-27(29)14(2)3/h7-10,14,16-17,33,46-47H,1,12-13H2,2-6H3/t16-,17+,33?. The quantitative estimate of drug-likeness (QED) is 0.156. The molecule has 0 spiro atoms. The summed E-state index contributed by atoms with van der Waals surface area (Å²) in [6.07, 6.45) is 1.35. The molecule has 1 fully saturated rings. The number of halogens is 5. The van der Waals surface area contributed by atoms with Crippen LogP contribution >= 0.6 is 46.4 Å². The van der Waals surface area contributed by atoms with Crippen LogP contribution in [0.5, 0.6) is 5.75 Å². The normalized spacial score (nSPS) is 19.6. The van der Waals surface area contributed by atoms with Gasteiger partial charge in [-0.3, -0.25) is 14.7 Å². The number of aromatic nitrogens is 2. The maximum absolute atomic E-state index is 15.7. The van der Waals surface area contributed by atoms with Crippen LogP contribution < -0.4 is 4.90 Å². The molecule has 0 saturated carbocycles. The topological polar surface area (TPSA) is 117 Å². The maximum atomic E-state index is 15.7. The smallest absolute Gasteiger partial charge is 0.246 e. The lowest BCUT2D eigenvalue weighted by molar-refractivity contribution is -0.132. The molecule has 1 amide bonds. The molecule has 2 aromatic heterocycles. The van der Waals surface area contributed by atoms with Crippen LogP contribution in [-0.4, -0.2) is 67.3 Å². The molecule has 1 unspecified atom stereocenters. The second kappa shape index (κ2) is 13.1. The first-order chi connectivity index (χ1) is 22.2. The molecule has 1 aromatic carbocycles. The molecule has 5 rings (SSSR count). The van der Waals surface area contributed by atoms with Crippen molar-refractivity contribution in [3.05, 3.63) is 79.3 Å². The number of aromatic hydroxyl groups is 1. The second-order valence-corrected chi connectivity index (χ2v) is 13.4. The van der Waals surface area contributed by atoms with Crippen molar-refractivity contribution in [1.29, 1.82) is 5.26 Å². The summed E-state index contributed by atoms with van der Waals surface area (Å²) < 4.78 is 15.7. The largest absolute Gasteiger partial charge is 0.505 e. The lowest BCUT2D eigenvalue weighted by Gasteiger charge is -2.48. The Bertz CT molecular complexity index is 1850. The zero-order chi connectivity index (χ0) is 34.6. The van der Waals surface area contributed by atoms with Gasteiger partial charge in [0, 0.05) is 36.9 Å². The van der Waals surface area contributed by atoms with Crippen LogP contribution in [0.1, 0.15) is 50.4 Å². The highest BCUT2D eigenvalue weighted by Crippen LogP contribution is 2.51. The van der Waals surface area contributed by atoms with E-state index in [4.69, 9.17) is 51.4 Å². The van der Waals surface area contributed by atoms with Crippen LogP contribution in [0, 0.1) is 24.1 Å². The third-order valence-corrected chi connectivity index (χ3v) is 9.88. The molecule has 2 aliphatic heterocycles. The SMILES string of the molecule is C=CC(=O)N1[C@H](C)CN(C2=C(C#N)C(O)N(c3c(C)ccnc3C(C)C)c3nc(-c4c(F)c(Cl)c(Cl)c(O)c4Cl)c(Cl)cc32)C[C@@H]1C. The van der Waals surface area contributed by atoms with Gasteiger partial charge in [0.1, 0.15) is 22.5 Å². The summed E-state index contributed by atoms with van der Waals surface area (Å²) in [4.78, 5) is 27.2. The van der Waals surface area contributed by atoms with Crippen LogP contribution in [0.4, 0.5) is 15.9 Å². The van der Waals surface area contributed by atoms with Gasteiger partial charge in [0.25, 0.3) is 0 Å². The van der Waals surface area contributed by atoms with Gasteiger partial charge in [0.15, 0.2) is 17.8 Å². The van der Waals surface area contributed by atoms with E-state index >= 15 is 4.39 Å². The lowest BCUT2D eigenvalue weighted by atomic mass is 9.94. The van der Waals surface area contributed by atoms with E-state index in [0.717, 1.165) is 5.56 Å². The number of nitrogens with zero attached hydrogens (tertiary/aromatic N) is 6. The van der Waals surface area contributed by atoms with E-state index in [1.807, 2.05) is 39.5 Å². The molecule has 47 heavy (non-hydrogen) atoms. The Morgan fingerprint density at radius 1 is 1.17 bits per heavy atom. The third-order valence-electron chi connectivity index (χ3n) is 8.40. The Kier molecular flexibility index (Phi) is 9.71. The molecule has 0 bridgehead atoms. The summed E-state index contributed by atoms with van der Waals surface area (Å²) in [5.41, 5.74) is 1.98. The third kappa shape index (κ3) is 5.68. The van der Waals surface area contributed by atoms with Gasteiger partial charge in [0.05, 0.1) is 43.4 Å². The van der Waals surface area contributed by atoms with E-state index in [1.165, 1.54) is 17.0 Å². The predicted molar refractivity (Wildman–Crippen MR) is 183 cm³/mol. The summed E-state index contributed by atoms with van der Waals surface area (Å²) in [6.45, 7) is 13.7.